The maximum atomic E-state index is 11.4. The molecule has 1 fully saturated rings. The molecular weight excluding hydrogens is 266 g/mol. The van der Waals surface area contributed by atoms with E-state index in [0.29, 0.717) is 24.8 Å². The van der Waals surface area contributed by atoms with E-state index in [0.717, 1.165) is 18.5 Å². The second-order valence-electron chi connectivity index (χ2n) is 6.49. The molecule has 112 valence electrons. The number of nitriles is 1. The highest BCUT2D eigenvalue weighted by Crippen LogP contribution is 2.33. The van der Waals surface area contributed by atoms with Crippen molar-refractivity contribution in [3.63, 3.8) is 0 Å². The Balaban J connectivity index is 2.43. The Labute approximate surface area is 125 Å². The van der Waals surface area contributed by atoms with Gasteiger partial charge in [-0.25, -0.2) is 9.78 Å². The lowest BCUT2D eigenvalue weighted by Gasteiger charge is -2.26. The van der Waals surface area contributed by atoms with Gasteiger partial charge >= 0.3 is 5.97 Å². The number of hydrogen-bond donors (Lipinski definition) is 1. The lowest BCUT2D eigenvalue weighted by atomic mass is 9.90. The van der Waals surface area contributed by atoms with Crippen molar-refractivity contribution in [2.24, 2.45) is 0 Å². The molecule has 1 aromatic heterocycles. The molecule has 1 N–H and O–H groups in total. The Kier molecular flexibility index (Phi) is 4.17. The monoisotopic (exact) mass is 287 g/mol. The average molecular weight is 287 g/mol. The van der Waals surface area contributed by atoms with Gasteiger partial charge in [-0.2, -0.15) is 5.26 Å². The fraction of sp³-hybridized carbons (Fsp3) is 0.562. The van der Waals surface area contributed by atoms with Crippen molar-refractivity contribution in [3.05, 3.63) is 23.4 Å². The highest BCUT2D eigenvalue weighted by Gasteiger charge is 2.31. The highest BCUT2D eigenvalue weighted by atomic mass is 16.4. The van der Waals surface area contributed by atoms with Gasteiger partial charge in [-0.1, -0.05) is 20.8 Å². The Morgan fingerprint density at radius 2 is 2.14 bits per heavy atom. The number of anilines is 1. The first-order valence-corrected chi connectivity index (χ1v) is 7.22. The number of carboxylic acid groups (broad SMARTS) is 1. The third-order valence-electron chi connectivity index (χ3n) is 3.57. The van der Waals surface area contributed by atoms with E-state index in [4.69, 9.17) is 5.26 Å². The molecule has 0 aliphatic heterocycles. The number of hydrogen-bond acceptors (Lipinski definition) is 4. The van der Waals surface area contributed by atoms with Gasteiger partial charge in [-0.3, -0.25) is 0 Å². The fourth-order valence-electron chi connectivity index (χ4n) is 2.21. The van der Waals surface area contributed by atoms with Crippen LogP contribution in [0.1, 0.15) is 56.1 Å². The van der Waals surface area contributed by atoms with Gasteiger partial charge in [-0.05, 0) is 25.0 Å². The molecule has 0 aromatic carbocycles. The lowest BCUT2D eigenvalue weighted by Crippen LogP contribution is -2.29. The van der Waals surface area contributed by atoms with Gasteiger partial charge in [0, 0.05) is 23.7 Å². The maximum Gasteiger partial charge on any atom is 0.335 e. The van der Waals surface area contributed by atoms with Crippen LogP contribution >= 0.6 is 0 Å². The van der Waals surface area contributed by atoms with E-state index in [9.17, 15) is 9.90 Å². The Morgan fingerprint density at radius 3 is 2.62 bits per heavy atom. The van der Waals surface area contributed by atoms with Crippen LogP contribution in [0.25, 0.3) is 0 Å². The minimum Gasteiger partial charge on any atom is -0.478 e. The first-order valence-electron chi connectivity index (χ1n) is 7.22. The summed E-state index contributed by atoms with van der Waals surface area (Å²) in [4.78, 5) is 18.1. The molecule has 0 amide bonds. The van der Waals surface area contributed by atoms with Crippen LogP contribution in [0.3, 0.4) is 0 Å². The molecule has 1 aromatic rings. The van der Waals surface area contributed by atoms with Crippen molar-refractivity contribution >= 4 is 11.8 Å². The van der Waals surface area contributed by atoms with E-state index in [-0.39, 0.29) is 11.0 Å². The SMILES string of the molecule is CC(C)(C)c1cc(C(=O)O)cc(N(CCC#N)C2CC2)n1. The van der Waals surface area contributed by atoms with Crippen LogP contribution in [0.15, 0.2) is 12.1 Å². The predicted octanol–water partition coefficient (Wildman–Crippen LogP) is 2.96. The first-order chi connectivity index (χ1) is 9.82. The highest BCUT2D eigenvalue weighted by molar-refractivity contribution is 5.88. The zero-order valence-corrected chi connectivity index (χ0v) is 12.8. The van der Waals surface area contributed by atoms with Crippen LogP contribution < -0.4 is 4.90 Å². The molecule has 0 atom stereocenters. The predicted molar refractivity (Wildman–Crippen MR) is 80.5 cm³/mol. The van der Waals surface area contributed by atoms with E-state index in [1.165, 1.54) is 0 Å². The van der Waals surface area contributed by atoms with Crippen LogP contribution in [0, 0.1) is 11.3 Å². The van der Waals surface area contributed by atoms with E-state index < -0.39 is 5.97 Å². The molecule has 1 saturated carbocycles. The summed E-state index contributed by atoms with van der Waals surface area (Å²) in [6, 6.07) is 5.80. The Morgan fingerprint density at radius 1 is 1.48 bits per heavy atom. The molecule has 5 heteroatoms. The summed E-state index contributed by atoms with van der Waals surface area (Å²) >= 11 is 0. The minimum atomic E-state index is -0.944. The van der Waals surface area contributed by atoms with Gasteiger partial charge < -0.3 is 10.0 Å². The molecule has 5 nitrogen and oxygen atoms in total. The molecule has 0 bridgehead atoms. The number of rotatable bonds is 5. The number of carboxylic acids is 1. The van der Waals surface area contributed by atoms with Crippen LogP contribution in [-0.2, 0) is 5.41 Å². The summed E-state index contributed by atoms with van der Waals surface area (Å²) in [6.07, 6.45) is 2.57. The second kappa shape index (κ2) is 5.72. The summed E-state index contributed by atoms with van der Waals surface area (Å²) < 4.78 is 0. The summed E-state index contributed by atoms with van der Waals surface area (Å²) in [7, 11) is 0. The molecule has 2 rings (SSSR count). The van der Waals surface area contributed by atoms with Gasteiger partial charge in [0.1, 0.15) is 5.82 Å². The third kappa shape index (κ3) is 3.72. The van der Waals surface area contributed by atoms with E-state index in [1.54, 1.807) is 12.1 Å². The van der Waals surface area contributed by atoms with Crippen LogP contribution in [-0.4, -0.2) is 28.6 Å². The van der Waals surface area contributed by atoms with Gasteiger partial charge in [0.15, 0.2) is 0 Å². The van der Waals surface area contributed by atoms with Crippen molar-refractivity contribution in [2.75, 3.05) is 11.4 Å². The molecule has 21 heavy (non-hydrogen) atoms. The average Bonchev–Trinajstić information content (AvgIpc) is 3.22. The van der Waals surface area contributed by atoms with E-state index in [2.05, 4.69) is 16.0 Å². The summed E-state index contributed by atoms with van der Waals surface area (Å²) in [5, 5.41) is 18.1. The number of aromatic carboxylic acids is 1. The van der Waals surface area contributed by atoms with Gasteiger partial charge in [0.2, 0.25) is 0 Å². The van der Waals surface area contributed by atoms with Gasteiger partial charge in [0.25, 0.3) is 0 Å². The zero-order chi connectivity index (χ0) is 15.6. The van der Waals surface area contributed by atoms with E-state index >= 15 is 0 Å². The molecule has 1 heterocycles. The largest absolute Gasteiger partial charge is 0.478 e. The molecular formula is C16H21N3O2. The number of nitrogens with zero attached hydrogens (tertiary/aromatic N) is 3. The van der Waals surface area contributed by atoms with Crippen molar-refractivity contribution in [1.29, 1.82) is 5.26 Å². The van der Waals surface area contributed by atoms with Gasteiger partial charge in [0.05, 0.1) is 18.1 Å². The molecule has 0 spiro atoms. The zero-order valence-electron chi connectivity index (χ0n) is 12.8. The van der Waals surface area contributed by atoms with Crippen molar-refractivity contribution < 1.29 is 9.90 Å². The lowest BCUT2D eigenvalue weighted by molar-refractivity contribution is 0.0696. The van der Waals surface area contributed by atoms with Crippen LogP contribution in [0.4, 0.5) is 5.82 Å². The maximum absolute atomic E-state index is 11.4. The first kappa shape index (κ1) is 15.3. The normalized spacial score (nSPS) is 14.6. The third-order valence-corrected chi connectivity index (χ3v) is 3.57. The molecule has 0 saturated heterocycles. The topological polar surface area (TPSA) is 77.2 Å². The van der Waals surface area contributed by atoms with Gasteiger partial charge in [-0.15, -0.1) is 0 Å². The molecule has 0 radical (unpaired) electrons. The quantitative estimate of drug-likeness (QED) is 0.900. The molecule has 0 unspecified atom stereocenters. The smallest absolute Gasteiger partial charge is 0.335 e. The second-order valence-corrected chi connectivity index (χ2v) is 6.49. The number of pyridine rings is 1. The summed E-state index contributed by atoms with van der Waals surface area (Å²) in [5.74, 6) is -0.266. The van der Waals surface area contributed by atoms with Crippen molar-refractivity contribution in [2.45, 2.75) is 51.5 Å². The Hall–Kier alpha value is -2.09. The fourth-order valence-corrected chi connectivity index (χ4v) is 2.21. The summed E-state index contributed by atoms with van der Waals surface area (Å²) in [6.45, 7) is 6.64. The summed E-state index contributed by atoms with van der Waals surface area (Å²) in [5.41, 5.74) is 0.803. The molecule has 1 aliphatic carbocycles. The standard InChI is InChI=1S/C16H21N3O2/c1-16(2,3)13-9-11(15(20)21)10-14(18-13)19(8-4-7-17)12-5-6-12/h9-10,12H,4-6,8H2,1-3H3,(H,20,21). The Bertz CT molecular complexity index is 580. The van der Waals surface area contributed by atoms with Crippen LogP contribution in [0.5, 0.6) is 0 Å². The van der Waals surface area contributed by atoms with Crippen molar-refractivity contribution in [1.82, 2.24) is 4.98 Å². The van der Waals surface area contributed by atoms with Crippen LogP contribution in [0.2, 0.25) is 0 Å². The number of aromatic nitrogens is 1. The molecule has 1 aliphatic rings. The number of carbonyl (C=O) groups is 1. The minimum absolute atomic E-state index is 0.218. The van der Waals surface area contributed by atoms with Crippen molar-refractivity contribution in [3.8, 4) is 6.07 Å². The van der Waals surface area contributed by atoms with E-state index in [1.807, 2.05) is 20.8 Å².